The van der Waals surface area contributed by atoms with Crippen LogP contribution in [0.25, 0.3) is 0 Å². The van der Waals surface area contributed by atoms with Gasteiger partial charge in [-0.3, -0.25) is 4.79 Å². The number of carbonyl (C=O) groups excluding carboxylic acids is 1. The van der Waals surface area contributed by atoms with Gasteiger partial charge in [0.1, 0.15) is 5.75 Å². The SMILES string of the molecule is COc1ccc(C(=O)NCCCN2CC(C)CC(C)C2)cc1. The van der Waals surface area contributed by atoms with E-state index in [1.54, 1.807) is 19.2 Å². The van der Waals surface area contributed by atoms with E-state index in [0.29, 0.717) is 5.56 Å². The maximum atomic E-state index is 12.0. The molecule has 2 rings (SSSR count). The molecule has 0 spiro atoms. The number of ether oxygens (including phenoxy) is 1. The van der Waals surface area contributed by atoms with Gasteiger partial charge in [-0.05, 0) is 55.5 Å². The second-order valence-electron chi connectivity index (χ2n) is 6.54. The third-order valence-corrected chi connectivity index (χ3v) is 4.23. The molecule has 1 N–H and O–H groups in total. The minimum Gasteiger partial charge on any atom is -0.497 e. The molecule has 1 aliphatic rings. The van der Waals surface area contributed by atoms with Crippen LogP contribution < -0.4 is 10.1 Å². The molecule has 22 heavy (non-hydrogen) atoms. The fourth-order valence-corrected chi connectivity index (χ4v) is 3.32. The van der Waals surface area contributed by atoms with Crippen LogP contribution in [0.3, 0.4) is 0 Å². The Morgan fingerprint density at radius 1 is 1.23 bits per heavy atom. The molecule has 2 atom stereocenters. The molecule has 0 aliphatic carbocycles. The maximum absolute atomic E-state index is 12.0. The summed E-state index contributed by atoms with van der Waals surface area (Å²) in [6, 6.07) is 7.21. The van der Waals surface area contributed by atoms with E-state index in [1.807, 2.05) is 12.1 Å². The van der Waals surface area contributed by atoms with E-state index in [1.165, 1.54) is 19.5 Å². The first-order valence-electron chi connectivity index (χ1n) is 8.23. The van der Waals surface area contributed by atoms with E-state index in [2.05, 4.69) is 24.1 Å². The van der Waals surface area contributed by atoms with Crippen LogP contribution in [0, 0.1) is 11.8 Å². The van der Waals surface area contributed by atoms with Crippen molar-refractivity contribution in [3.05, 3.63) is 29.8 Å². The summed E-state index contributed by atoms with van der Waals surface area (Å²) in [4.78, 5) is 14.6. The smallest absolute Gasteiger partial charge is 0.251 e. The van der Waals surface area contributed by atoms with Crippen molar-refractivity contribution in [2.24, 2.45) is 11.8 Å². The molecule has 1 amide bonds. The van der Waals surface area contributed by atoms with Gasteiger partial charge in [-0.2, -0.15) is 0 Å². The van der Waals surface area contributed by atoms with Gasteiger partial charge in [-0.1, -0.05) is 13.8 Å². The van der Waals surface area contributed by atoms with E-state index in [0.717, 1.165) is 37.1 Å². The highest BCUT2D eigenvalue weighted by Gasteiger charge is 2.21. The Labute approximate surface area is 133 Å². The van der Waals surface area contributed by atoms with Crippen molar-refractivity contribution in [3.63, 3.8) is 0 Å². The van der Waals surface area contributed by atoms with Crippen LogP contribution in [0.5, 0.6) is 5.75 Å². The van der Waals surface area contributed by atoms with Gasteiger partial charge in [0.05, 0.1) is 7.11 Å². The van der Waals surface area contributed by atoms with Crippen LogP contribution in [0.2, 0.25) is 0 Å². The number of benzene rings is 1. The van der Waals surface area contributed by atoms with Crippen LogP contribution in [0.4, 0.5) is 0 Å². The fourth-order valence-electron chi connectivity index (χ4n) is 3.32. The number of hydrogen-bond donors (Lipinski definition) is 1. The highest BCUT2D eigenvalue weighted by Crippen LogP contribution is 2.20. The maximum Gasteiger partial charge on any atom is 0.251 e. The first-order valence-corrected chi connectivity index (χ1v) is 8.23. The molecule has 0 bridgehead atoms. The van der Waals surface area contributed by atoms with Gasteiger partial charge in [-0.15, -0.1) is 0 Å². The summed E-state index contributed by atoms with van der Waals surface area (Å²) in [5, 5.41) is 2.99. The molecule has 4 nitrogen and oxygen atoms in total. The lowest BCUT2D eigenvalue weighted by Gasteiger charge is -2.34. The first kappa shape index (κ1) is 16.8. The Balaban J connectivity index is 1.68. The largest absolute Gasteiger partial charge is 0.497 e. The van der Waals surface area contributed by atoms with E-state index >= 15 is 0 Å². The van der Waals surface area contributed by atoms with Crippen LogP contribution >= 0.6 is 0 Å². The van der Waals surface area contributed by atoms with Gasteiger partial charge >= 0.3 is 0 Å². The second-order valence-corrected chi connectivity index (χ2v) is 6.54. The van der Waals surface area contributed by atoms with Gasteiger partial charge in [0.25, 0.3) is 5.91 Å². The van der Waals surface area contributed by atoms with Gasteiger partial charge in [0.2, 0.25) is 0 Å². The molecular weight excluding hydrogens is 276 g/mol. The van der Waals surface area contributed by atoms with Crippen molar-refractivity contribution in [2.75, 3.05) is 33.3 Å². The highest BCUT2D eigenvalue weighted by molar-refractivity contribution is 5.94. The topological polar surface area (TPSA) is 41.6 Å². The molecule has 4 heteroatoms. The summed E-state index contributed by atoms with van der Waals surface area (Å²) in [5.74, 6) is 2.34. The van der Waals surface area contributed by atoms with E-state index < -0.39 is 0 Å². The predicted molar refractivity (Wildman–Crippen MR) is 89.3 cm³/mol. The third kappa shape index (κ3) is 5.02. The lowest BCUT2D eigenvalue weighted by atomic mass is 9.92. The zero-order valence-corrected chi connectivity index (χ0v) is 14.0. The molecule has 0 aromatic heterocycles. The molecule has 2 unspecified atom stereocenters. The molecule has 1 saturated heterocycles. The fraction of sp³-hybridized carbons (Fsp3) is 0.611. The number of piperidine rings is 1. The Bertz CT molecular complexity index is 462. The average Bonchev–Trinajstić information content (AvgIpc) is 2.50. The lowest BCUT2D eigenvalue weighted by Crippen LogP contribution is -2.40. The Kier molecular flexibility index (Phi) is 6.25. The number of likely N-dealkylation sites (tertiary alicyclic amines) is 1. The first-order chi connectivity index (χ1) is 10.6. The monoisotopic (exact) mass is 304 g/mol. The van der Waals surface area contributed by atoms with Crippen molar-refractivity contribution in [3.8, 4) is 5.75 Å². The van der Waals surface area contributed by atoms with Crippen molar-refractivity contribution >= 4 is 5.91 Å². The zero-order chi connectivity index (χ0) is 15.9. The lowest BCUT2D eigenvalue weighted by molar-refractivity contribution is 0.0947. The Morgan fingerprint density at radius 2 is 1.86 bits per heavy atom. The van der Waals surface area contributed by atoms with Crippen molar-refractivity contribution in [2.45, 2.75) is 26.7 Å². The number of hydrogen-bond acceptors (Lipinski definition) is 3. The third-order valence-electron chi connectivity index (χ3n) is 4.23. The number of methoxy groups -OCH3 is 1. The highest BCUT2D eigenvalue weighted by atomic mass is 16.5. The number of amides is 1. The van der Waals surface area contributed by atoms with Crippen molar-refractivity contribution in [1.29, 1.82) is 0 Å². The quantitative estimate of drug-likeness (QED) is 0.822. The molecule has 0 radical (unpaired) electrons. The summed E-state index contributed by atoms with van der Waals surface area (Å²) in [6.45, 7) is 8.83. The number of nitrogens with one attached hydrogen (secondary N) is 1. The normalized spacial score (nSPS) is 22.3. The van der Waals surface area contributed by atoms with E-state index in [4.69, 9.17) is 4.74 Å². The second kappa shape index (κ2) is 8.18. The van der Waals surface area contributed by atoms with Gasteiger partial charge < -0.3 is 15.0 Å². The van der Waals surface area contributed by atoms with E-state index in [9.17, 15) is 4.79 Å². The number of carbonyl (C=O) groups is 1. The summed E-state index contributed by atoms with van der Waals surface area (Å²) in [7, 11) is 1.62. The molecule has 0 saturated carbocycles. The van der Waals surface area contributed by atoms with Crippen LogP contribution in [-0.4, -0.2) is 44.1 Å². The number of nitrogens with zero attached hydrogens (tertiary/aromatic N) is 1. The van der Waals surface area contributed by atoms with Gasteiger partial charge in [0.15, 0.2) is 0 Å². The van der Waals surface area contributed by atoms with Crippen molar-refractivity contribution < 1.29 is 9.53 Å². The minimum absolute atomic E-state index is 0.0111. The zero-order valence-electron chi connectivity index (χ0n) is 14.0. The van der Waals surface area contributed by atoms with Crippen LogP contribution in [0.1, 0.15) is 37.0 Å². The molecular formula is C18H28N2O2. The predicted octanol–water partition coefficient (Wildman–Crippen LogP) is 2.79. The van der Waals surface area contributed by atoms with Crippen molar-refractivity contribution in [1.82, 2.24) is 10.2 Å². The molecule has 1 aromatic carbocycles. The van der Waals surface area contributed by atoms with Gasteiger partial charge in [-0.25, -0.2) is 0 Å². The Morgan fingerprint density at radius 3 is 2.45 bits per heavy atom. The van der Waals surface area contributed by atoms with Crippen LogP contribution in [-0.2, 0) is 0 Å². The Hall–Kier alpha value is -1.55. The summed E-state index contributed by atoms with van der Waals surface area (Å²) >= 11 is 0. The molecule has 1 fully saturated rings. The average molecular weight is 304 g/mol. The molecule has 122 valence electrons. The van der Waals surface area contributed by atoms with E-state index in [-0.39, 0.29) is 5.91 Å². The van der Waals surface area contributed by atoms with Gasteiger partial charge in [0, 0.05) is 25.2 Å². The summed E-state index contributed by atoms with van der Waals surface area (Å²) < 4.78 is 5.09. The standard InChI is InChI=1S/C18H28N2O2/c1-14-11-15(2)13-20(12-14)10-4-9-19-18(21)16-5-7-17(22-3)8-6-16/h5-8,14-15H,4,9-13H2,1-3H3,(H,19,21). The molecule has 1 aliphatic heterocycles. The molecule has 1 heterocycles. The van der Waals surface area contributed by atoms with Crippen LogP contribution in [0.15, 0.2) is 24.3 Å². The summed E-state index contributed by atoms with van der Waals surface area (Å²) in [5.41, 5.74) is 0.681. The minimum atomic E-state index is -0.0111. The number of rotatable bonds is 6. The summed E-state index contributed by atoms with van der Waals surface area (Å²) in [6.07, 6.45) is 2.34. The molecule has 1 aromatic rings.